The van der Waals surface area contributed by atoms with Crippen LogP contribution >= 0.6 is 0 Å². The molecule has 2 N–H and O–H groups in total. The van der Waals surface area contributed by atoms with Gasteiger partial charge in [0.1, 0.15) is 11.9 Å². The lowest BCUT2D eigenvalue weighted by Crippen LogP contribution is -2.58. The van der Waals surface area contributed by atoms with Crippen LogP contribution in [0.15, 0.2) is 52.9 Å². The van der Waals surface area contributed by atoms with Crippen LogP contribution in [0.1, 0.15) is 36.1 Å². The molecule has 35 heavy (non-hydrogen) atoms. The van der Waals surface area contributed by atoms with Crippen molar-refractivity contribution in [2.45, 2.75) is 43.2 Å². The Morgan fingerprint density at radius 1 is 1.23 bits per heavy atom. The molecule has 1 fully saturated rings. The van der Waals surface area contributed by atoms with Crippen LogP contribution in [0.5, 0.6) is 0 Å². The van der Waals surface area contributed by atoms with Crippen LogP contribution in [0.4, 0.5) is 9.18 Å². The number of rotatable bonds is 5. The van der Waals surface area contributed by atoms with Crippen LogP contribution in [-0.4, -0.2) is 69.6 Å². The van der Waals surface area contributed by atoms with Crippen molar-refractivity contribution in [1.82, 2.24) is 10.2 Å². The lowest BCUT2D eigenvalue weighted by Gasteiger charge is -2.42. The molecular formula is C25H30FN3O5S. The maximum absolute atomic E-state index is 13.8. The van der Waals surface area contributed by atoms with E-state index in [2.05, 4.69) is 9.68 Å². The van der Waals surface area contributed by atoms with Gasteiger partial charge in [-0.2, -0.15) is 0 Å². The van der Waals surface area contributed by atoms with Gasteiger partial charge in [-0.3, -0.25) is 4.79 Å². The van der Waals surface area contributed by atoms with E-state index in [4.69, 9.17) is 4.74 Å². The van der Waals surface area contributed by atoms with Crippen molar-refractivity contribution in [3.05, 3.63) is 71.0 Å². The Morgan fingerprint density at radius 3 is 2.60 bits per heavy atom. The number of nitrogens with zero attached hydrogens (tertiary/aromatic N) is 2. The zero-order valence-corrected chi connectivity index (χ0v) is 20.5. The van der Waals surface area contributed by atoms with Gasteiger partial charge in [0.2, 0.25) is 0 Å². The molecule has 2 aliphatic rings. The molecule has 10 heteroatoms. The highest BCUT2D eigenvalue weighted by atomic mass is 32.2. The molecule has 2 amide bonds. The quantitative estimate of drug-likeness (QED) is 0.652. The van der Waals surface area contributed by atoms with Crippen molar-refractivity contribution in [3.63, 3.8) is 0 Å². The Bertz CT molecular complexity index is 1210. The summed E-state index contributed by atoms with van der Waals surface area (Å²) in [6.07, 6.45) is -1.45. The molecule has 188 valence electrons. The Morgan fingerprint density at radius 2 is 1.94 bits per heavy atom. The number of carboxylic acid groups (broad SMARTS) is 1. The minimum atomic E-state index is -2.72. The number of hydrogen-bond donors (Lipinski definition) is 2. The maximum Gasteiger partial charge on any atom is 0.404 e. The molecule has 0 spiro atoms. The van der Waals surface area contributed by atoms with Crippen LogP contribution in [0, 0.1) is 5.82 Å². The number of hydrogen-bond acceptors (Lipinski definition) is 5. The van der Waals surface area contributed by atoms with E-state index in [9.17, 15) is 23.3 Å². The summed E-state index contributed by atoms with van der Waals surface area (Å²) in [5.41, 5.74) is 2.86. The minimum Gasteiger partial charge on any atom is -0.465 e. The fourth-order valence-corrected chi connectivity index (χ4v) is 7.04. The van der Waals surface area contributed by atoms with E-state index in [0.29, 0.717) is 13.0 Å². The SMILES string of the molecule is CCS(=O)(=NC)[C@H]1CO[C@@H](C(=O)N2CCc3ccccc3[C@@H]2c2ccc(F)cc2)C[C@@H]1NC(=O)O. The molecule has 2 aliphatic heterocycles. The zero-order chi connectivity index (χ0) is 25.2. The van der Waals surface area contributed by atoms with Gasteiger partial charge in [-0.25, -0.2) is 17.8 Å². The highest BCUT2D eigenvalue weighted by Gasteiger charge is 2.43. The lowest BCUT2D eigenvalue weighted by molar-refractivity contribution is -0.149. The normalized spacial score (nSPS) is 25.7. The minimum absolute atomic E-state index is 0.0446. The van der Waals surface area contributed by atoms with Crippen LogP contribution < -0.4 is 5.32 Å². The van der Waals surface area contributed by atoms with E-state index >= 15 is 0 Å². The van der Waals surface area contributed by atoms with E-state index in [0.717, 1.165) is 16.7 Å². The average Bonchev–Trinajstić information content (AvgIpc) is 2.87. The Kier molecular flexibility index (Phi) is 7.42. The average molecular weight is 504 g/mol. The van der Waals surface area contributed by atoms with E-state index in [1.54, 1.807) is 24.0 Å². The number of benzene rings is 2. The van der Waals surface area contributed by atoms with E-state index in [1.807, 2.05) is 24.3 Å². The number of amides is 2. The third-order valence-electron chi connectivity index (χ3n) is 6.91. The van der Waals surface area contributed by atoms with Gasteiger partial charge in [-0.15, -0.1) is 0 Å². The summed E-state index contributed by atoms with van der Waals surface area (Å²) in [5, 5.41) is 11.2. The molecule has 2 aromatic carbocycles. The summed E-state index contributed by atoms with van der Waals surface area (Å²) >= 11 is 0. The summed E-state index contributed by atoms with van der Waals surface area (Å²) in [7, 11) is -1.26. The van der Waals surface area contributed by atoms with Crippen molar-refractivity contribution < 1.29 is 28.0 Å². The number of carbonyl (C=O) groups excluding carboxylic acids is 1. The number of halogens is 1. The molecule has 1 saturated heterocycles. The van der Waals surface area contributed by atoms with Gasteiger partial charge in [0.05, 0.1) is 33.7 Å². The second-order valence-electron chi connectivity index (χ2n) is 8.75. The van der Waals surface area contributed by atoms with Crippen LogP contribution in [0.3, 0.4) is 0 Å². The van der Waals surface area contributed by atoms with Crippen molar-refractivity contribution >= 4 is 21.7 Å². The van der Waals surface area contributed by atoms with E-state index < -0.39 is 39.3 Å². The molecule has 8 nitrogen and oxygen atoms in total. The maximum atomic E-state index is 13.8. The molecule has 4 rings (SSSR count). The molecular weight excluding hydrogens is 473 g/mol. The van der Waals surface area contributed by atoms with Gasteiger partial charge < -0.3 is 20.1 Å². The summed E-state index contributed by atoms with van der Waals surface area (Å²) in [5.74, 6) is -0.384. The van der Waals surface area contributed by atoms with Gasteiger partial charge in [-0.05, 0) is 35.2 Å². The van der Waals surface area contributed by atoms with Gasteiger partial charge in [0.25, 0.3) is 5.91 Å². The highest BCUT2D eigenvalue weighted by Crippen LogP contribution is 2.36. The monoisotopic (exact) mass is 503 g/mol. The first-order valence-electron chi connectivity index (χ1n) is 11.6. The van der Waals surface area contributed by atoms with E-state index in [-0.39, 0.29) is 30.5 Å². The molecule has 2 aromatic rings. The largest absolute Gasteiger partial charge is 0.465 e. The molecule has 0 saturated carbocycles. The lowest BCUT2D eigenvalue weighted by atomic mass is 9.87. The molecule has 0 bridgehead atoms. The number of nitrogens with one attached hydrogen (secondary N) is 1. The Balaban J connectivity index is 1.65. The first-order valence-corrected chi connectivity index (χ1v) is 13.4. The molecule has 1 unspecified atom stereocenters. The first-order chi connectivity index (χ1) is 16.8. The summed E-state index contributed by atoms with van der Waals surface area (Å²) < 4.78 is 36.9. The zero-order valence-electron chi connectivity index (χ0n) is 19.7. The van der Waals surface area contributed by atoms with Gasteiger partial charge >= 0.3 is 6.09 Å². The van der Waals surface area contributed by atoms with Crippen molar-refractivity contribution in [2.75, 3.05) is 26.0 Å². The Labute approximate surface area is 204 Å². The molecule has 2 heterocycles. The second kappa shape index (κ2) is 10.3. The third-order valence-corrected chi connectivity index (χ3v) is 9.77. The highest BCUT2D eigenvalue weighted by molar-refractivity contribution is 7.94. The smallest absolute Gasteiger partial charge is 0.404 e. The van der Waals surface area contributed by atoms with Gasteiger partial charge in [0, 0.05) is 25.8 Å². The third kappa shape index (κ3) is 5.04. The predicted octanol–water partition coefficient (Wildman–Crippen LogP) is 3.21. The summed E-state index contributed by atoms with van der Waals surface area (Å²) in [6, 6.07) is 12.8. The van der Waals surface area contributed by atoms with Crippen LogP contribution in [0.2, 0.25) is 0 Å². The second-order valence-corrected chi connectivity index (χ2v) is 11.7. The van der Waals surface area contributed by atoms with Crippen LogP contribution in [-0.2, 0) is 25.7 Å². The van der Waals surface area contributed by atoms with Gasteiger partial charge in [-0.1, -0.05) is 43.3 Å². The molecule has 0 radical (unpaired) electrons. The van der Waals surface area contributed by atoms with Crippen LogP contribution in [0.25, 0.3) is 0 Å². The topological polar surface area (TPSA) is 108 Å². The molecule has 0 aliphatic carbocycles. The fraction of sp³-hybridized carbons (Fsp3) is 0.440. The number of carbonyl (C=O) groups is 2. The summed E-state index contributed by atoms with van der Waals surface area (Å²) in [4.78, 5) is 27.0. The fourth-order valence-electron chi connectivity index (χ4n) is 5.10. The first kappa shape index (κ1) is 25.1. The van der Waals surface area contributed by atoms with Crippen molar-refractivity contribution in [3.8, 4) is 0 Å². The summed E-state index contributed by atoms with van der Waals surface area (Å²) in [6.45, 7) is 2.13. The number of fused-ring (bicyclic) bond motifs is 1. The number of ether oxygens (including phenoxy) is 1. The standard InChI is InChI=1S/C25H30FN3O5S/c1-3-35(33,27-2)22-15-34-21(14-20(22)28-25(31)32)24(30)29-13-12-16-6-4-5-7-19(16)23(29)17-8-10-18(26)11-9-17/h4-11,20-23,28H,3,12-15H2,1-2H3,(H,31,32)/t20-,21+,22-,23-,35?/m0/s1. The van der Waals surface area contributed by atoms with Crippen molar-refractivity contribution in [2.24, 2.45) is 4.36 Å². The van der Waals surface area contributed by atoms with Gasteiger partial charge in [0.15, 0.2) is 0 Å². The molecule has 0 aromatic heterocycles. The predicted molar refractivity (Wildman–Crippen MR) is 130 cm³/mol. The van der Waals surface area contributed by atoms with E-state index in [1.165, 1.54) is 19.2 Å². The molecule has 5 atom stereocenters. The van der Waals surface area contributed by atoms with Crippen molar-refractivity contribution in [1.29, 1.82) is 0 Å². The Hall–Kier alpha value is -2.98.